The van der Waals surface area contributed by atoms with Crippen LogP contribution in [0.5, 0.6) is 0 Å². The highest BCUT2D eigenvalue weighted by Gasteiger charge is 2.57. The molecule has 0 aromatic heterocycles. The lowest BCUT2D eigenvalue weighted by Crippen LogP contribution is -2.40. The minimum absolute atomic E-state index is 0.203. The van der Waals surface area contributed by atoms with Crippen molar-refractivity contribution in [2.24, 2.45) is 5.92 Å². The average molecular weight is 566 g/mol. The van der Waals surface area contributed by atoms with E-state index < -0.39 is 39.2 Å². The Morgan fingerprint density at radius 2 is 1.36 bits per heavy atom. The molecule has 1 heterocycles. The van der Waals surface area contributed by atoms with Gasteiger partial charge in [0.15, 0.2) is 0 Å². The summed E-state index contributed by atoms with van der Waals surface area (Å²) in [5.41, 5.74) is 3.85. The molecule has 0 amide bonds. The molecule has 1 aliphatic rings. The van der Waals surface area contributed by atoms with Crippen LogP contribution in [-0.2, 0) is 14.8 Å². The van der Waals surface area contributed by atoms with Gasteiger partial charge in [0.05, 0.1) is 16.9 Å². The molecule has 1 fully saturated rings. The number of rotatable bonds is 11. The summed E-state index contributed by atoms with van der Waals surface area (Å²) in [5, 5.41) is 10.2. The van der Waals surface area contributed by atoms with Crippen LogP contribution >= 0.6 is 11.8 Å². The van der Waals surface area contributed by atoms with E-state index in [0.29, 0.717) is 12.0 Å². The quantitative estimate of drug-likeness (QED) is 0.243. The maximum atomic E-state index is 14.4. The van der Waals surface area contributed by atoms with Crippen LogP contribution in [0.2, 0.25) is 0 Å². The van der Waals surface area contributed by atoms with Crippen LogP contribution in [0, 0.1) is 26.7 Å². The number of sulfonamides is 1. The fourth-order valence-corrected chi connectivity index (χ4v) is 8.87. The van der Waals surface area contributed by atoms with Gasteiger partial charge in [-0.15, -0.1) is 11.8 Å². The number of carboxylic acids is 1. The highest BCUT2D eigenvalue weighted by molar-refractivity contribution is 8.00. The molecule has 0 radical (unpaired) electrons. The van der Waals surface area contributed by atoms with Crippen LogP contribution < -0.4 is 0 Å². The highest BCUT2D eigenvalue weighted by atomic mass is 32.2. The first kappa shape index (κ1) is 29.4. The first-order valence-electron chi connectivity index (χ1n) is 13.8. The van der Waals surface area contributed by atoms with E-state index >= 15 is 0 Å². The molecule has 4 rings (SSSR count). The van der Waals surface area contributed by atoms with Crippen LogP contribution in [0.1, 0.15) is 67.3 Å². The summed E-state index contributed by atoms with van der Waals surface area (Å²) in [6, 6.07) is 21.3. The zero-order valence-electron chi connectivity index (χ0n) is 23.2. The van der Waals surface area contributed by atoms with Gasteiger partial charge in [-0.3, -0.25) is 4.79 Å². The number of carboxylic acid groups (broad SMARTS) is 1. The molecule has 0 unspecified atom stereocenters. The molecule has 0 bridgehead atoms. The Hall–Kier alpha value is -2.61. The van der Waals surface area contributed by atoms with Crippen molar-refractivity contribution < 1.29 is 18.3 Å². The van der Waals surface area contributed by atoms with Crippen LogP contribution in [0.15, 0.2) is 82.6 Å². The van der Waals surface area contributed by atoms with Gasteiger partial charge in [-0.05, 0) is 57.0 Å². The van der Waals surface area contributed by atoms with Gasteiger partial charge >= 0.3 is 5.97 Å². The van der Waals surface area contributed by atoms with Crippen molar-refractivity contribution in [2.75, 3.05) is 0 Å². The Bertz CT molecular complexity index is 1350. The van der Waals surface area contributed by atoms with Crippen molar-refractivity contribution in [1.29, 1.82) is 0 Å². The maximum Gasteiger partial charge on any atom is 0.309 e. The van der Waals surface area contributed by atoms with E-state index in [9.17, 15) is 18.3 Å². The monoisotopic (exact) mass is 565 g/mol. The van der Waals surface area contributed by atoms with Crippen molar-refractivity contribution in [3.05, 3.63) is 95.1 Å². The first-order chi connectivity index (χ1) is 18.6. The van der Waals surface area contributed by atoms with Crippen LogP contribution in [-0.4, -0.2) is 35.1 Å². The Labute approximate surface area is 237 Å². The number of aliphatic carboxylic acids is 1. The van der Waals surface area contributed by atoms with Gasteiger partial charge in [-0.1, -0.05) is 97.8 Å². The molecule has 0 saturated carbocycles. The molecular formula is C32H39NO4S2. The summed E-state index contributed by atoms with van der Waals surface area (Å²) in [4.78, 5) is 14.2. The minimum atomic E-state index is -4.00. The number of benzene rings is 3. The number of nitrogens with zero attached hydrogens (tertiary/aromatic N) is 1. The van der Waals surface area contributed by atoms with E-state index in [2.05, 4.69) is 6.92 Å². The number of hydrogen-bond donors (Lipinski definition) is 1. The Morgan fingerprint density at radius 1 is 0.821 bits per heavy atom. The largest absolute Gasteiger partial charge is 0.481 e. The van der Waals surface area contributed by atoms with Crippen molar-refractivity contribution in [2.45, 2.75) is 86.9 Å². The maximum absolute atomic E-state index is 14.4. The van der Waals surface area contributed by atoms with Crippen LogP contribution in [0.4, 0.5) is 0 Å². The number of aryl methyl sites for hydroxylation is 3. The second-order valence-corrected chi connectivity index (χ2v) is 13.8. The van der Waals surface area contributed by atoms with Crippen molar-refractivity contribution in [3.63, 3.8) is 0 Å². The van der Waals surface area contributed by atoms with Crippen LogP contribution in [0.25, 0.3) is 0 Å². The third-order valence-electron chi connectivity index (χ3n) is 7.62. The lowest BCUT2D eigenvalue weighted by molar-refractivity contribution is -0.142. The summed E-state index contributed by atoms with van der Waals surface area (Å²) >= 11 is 1.50. The third kappa shape index (κ3) is 6.59. The lowest BCUT2D eigenvalue weighted by Gasteiger charge is -2.31. The van der Waals surface area contributed by atoms with Gasteiger partial charge < -0.3 is 5.11 Å². The van der Waals surface area contributed by atoms with Gasteiger partial charge in [-0.2, -0.15) is 4.31 Å². The Morgan fingerprint density at radius 3 is 1.90 bits per heavy atom. The van der Waals surface area contributed by atoms with E-state index in [0.717, 1.165) is 47.3 Å². The van der Waals surface area contributed by atoms with Gasteiger partial charge in [-0.25, -0.2) is 8.42 Å². The molecule has 7 heteroatoms. The molecular weight excluding hydrogens is 526 g/mol. The predicted molar refractivity (Wildman–Crippen MR) is 159 cm³/mol. The van der Waals surface area contributed by atoms with Crippen molar-refractivity contribution in [1.82, 2.24) is 4.31 Å². The zero-order valence-corrected chi connectivity index (χ0v) is 24.8. The topological polar surface area (TPSA) is 74.7 Å². The molecule has 0 aliphatic carbocycles. The molecule has 39 heavy (non-hydrogen) atoms. The number of hydrogen-bond acceptors (Lipinski definition) is 4. The minimum Gasteiger partial charge on any atom is -0.481 e. The first-order valence-corrected chi connectivity index (χ1v) is 16.1. The summed E-state index contributed by atoms with van der Waals surface area (Å²) in [7, 11) is -4.00. The number of carbonyl (C=O) groups is 1. The van der Waals surface area contributed by atoms with E-state index in [-0.39, 0.29) is 4.90 Å². The molecule has 3 aromatic carbocycles. The smallest absolute Gasteiger partial charge is 0.309 e. The molecule has 208 valence electrons. The zero-order chi connectivity index (χ0) is 28.2. The average Bonchev–Trinajstić information content (AvgIpc) is 3.23. The molecule has 4 atom stereocenters. The Balaban J connectivity index is 1.88. The standard InChI is InChI=1S/C32H39NO4S2/c1-5-6-7-8-9-28-31(38-26-18-12-23(3)13-19-26)29(32(34)35)30(25-16-10-22(2)11-17-25)33(28)39(36,37)27-20-14-24(4)15-21-27/h10-21,28-31H,5-9H2,1-4H3,(H,34,35)/t28-,29+,30+,31-/m1/s1. The SMILES string of the molecule is CCCCCC[C@@H]1[C@@H](Sc2ccc(C)cc2)[C@@H](C(=O)O)[C@H](c2ccc(C)cc2)N1S(=O)(=O)c1ccc(C)cc1. The van der Waals surface area contributed by atoms with E-state index in [4.69, 9.17) is 0 Å². The van der Waals surface area contributed by atoms with Gasteiger partial charge in [0.25, 0.3) is 0 Å². The predicted octanol–water partition coefficient (Wildman–Crippen LogP) is 7.56. The molecule has 1 saturated heterocycles. The fourth-order valence-electron chi connectivity index (χ4n) is 5.48. The normalized spacial score (nSPS) is 21.7. The molecule has 5 nitrogen and oxygen atoms in total. The van der Waals surface area contributed by atoms with Gasteiger partial charge in [0, 0.05) is 16.2 Å². The fraction of sp³-hybridized carbons (Fsp3) is 0.406. The summed E-state index contributed by atoms with van der Waals surface area (Å²) < 4.78 is 30.4. The molecule has 1 N–H and O–H groups in total. The van der Waals surface area contributed by atoms with E-state index in [1.54, 1.807) is 28.6 Å². The second kappa shape index (κ2) is 12.7. The van der Waals surface area contributed by atoms with Gasteiger partial charge in [0.1, 0.15) is 0 Å². The summed E-state index contributed by atoms with van der Waals surface area (Å²) in [5.74, 6) is -1.87. The Kier molecular flexibility index (Phi) is 9.57. The number of unbranched alkanes of at least 4 members (excludes halogenated alkanes) is 3. The number of thioether (sulfide) groups is 1. The molecule has 0 spiro atoms. The summed E-state index contributed by atoms with van der Waals surface area (Å²) in [6.45, 7) is 8.06. The van der Waals surface area contributed by atoms with Crippen molar-refractivity contribution in [3.8, 4) is 0 Å². The van der Waals surface area contributed by atoms with E-state index in [1.807, 2.05) is 69.3 Å². The highest BCUT2D eigenvalue weighted by Crippen LogP contribution is 2.52. The summed E-state index contributed by atoms with van der Waals surface area (Å²) in [6.07, 6.45) is 4.58. The lowest BCUT2D eigenvalue weighted by atomic mass is 9.92. The molecule has 3 aromatic rings. The second-order valence-electron chi connectivity index (χ2n) is 10.7. The van der Waals surface area contributed by atoms with Crippen molar-refractivity contribution >= 4 is 27.8 Å². The molecule has 1 aliphatic heterocycles. The van der Waals surface area contributed by atoms with Crippen LogP contribution in [0.3, 0.4) is 0 Å². The van der Waals surface area contributed by atoms with E-state index in [1.165, 1.54) is 11.8 Å². The van der Waals surface area contributed by atoms with Gasteiger partial charge in [0.2, 0.25) is 10.0 Å². The third-order valence-corrected chi connectivity index (χ3v) is 11.0.